The first-order chi connectivity index (χ1) is 12.1. The number of carbonyl (C=O) groups excluding carboxylic acids is 3. The molecule has 0 saturated carbocycles. The van der Waals surface area contributed by atoms with Crippen LogP contribution in [0.4, 0.5) is 9.59 Å². The van der Waals surface area contributed by atoms with Crippen molar-refractivity contribution in [3.63, 3.8) is 0 Å². The van der Waals surface area contributed by atoms with Crippen LogP contribution >= 0.6 is 0 Å². The molecular weight excluding hydrogens is 342 g/mol. The van der Waals surface area contributed by atoms with Crippen LogP contribution in [0.5, 0.6) is 0 Å². The second kappa shape index (κ2) is 9.62. The number of primary amides is 1. The van der Waals surface area contributed by atoms with Crippen molar-refractivity contribution < 1.29 is 29.0 Å². The summed E-state index contributed by atoms with van der Waals surface area (Å²) < 4.78 is 10.1. The van der Waals surface area contributed by atoms with Crippen LogP contribution in [0, 0.1) is 0 Å². The van der Waals surface area contributed by atoms with Gasteiger partial charge in [0.1, 0.15) is 12.2 Å². The molecule has 1 aromatic rings. The summed E-state index contributed by atoms with van der Waals surface area (Å²) in [6.45, 7) is 4.74. The van der Waals surface area contributed by atoms with Gasteiger partial charge in [0.2, 0.25) is 5.91 Å². The molecular formula is C17H25N3O6. The number of carbonyl (C=O) groups is 3. The summed E-state index contributed by atoms with van der Waals surface area (Å²) in [4.78, 5) is 34.8. The molecule has 5 N–H and O–H groups in total. The third-order valence-electron chi connectivity index (χ3n) is 3.05. The quantitative estimate of drug-likeness (QED) is 0.558. The Kier molecular flexibility index (Phi) is 7.85. The zero-order chi connectivity index (χ0) is 19.7. The zero-order valence-electron chi connectivity index (χ0n) is 15.0. The Labute approximate surface area is 151 Å². The van der Waals surface area contributed by atoms with E-state index in [0.717, 1.165) is 5.56 Å². The minimum atomic E-state index is -1.71. The van der Waals surface area contributed by atoms with Crippen molar-refractivity contribution in [2.45, 2.75) is 45.1 Å². The highest BCUT2D eigenvalue weighted by atomic mass is 16.6. The van der Waals surface area contributed by atoms with Crippen LogP contribution in [0.15, 0.2) is 30.3 Å². The predicted octanol–water partition coefficient (Wildman–Crippen LogP) is 0.652. The van der Waals surface area contributed by atoms with Gasteiger partial charge in [0.15, 0.2) is 6.10 Å². The molecule has 144 valence electrons. The Bertz CT molecular complexity index is 615. The molecule has 3 amide bonds. The van der Waals surface area contributed by atoms with Crippen LogP contribution in [0.25, 0.3) is 0 Å². The number of alkyl carbamates (subject to hydrolysis) is 2. The van der Waals surface area contributed by atoms with Gasteiger partial charge in [0.05, 0.1) is 6.04 Å². The van der Waals surface area contributed by atoms with E-state index < -0.39 is 35.8 Å². The normalized spacial score (nSPS) is 13.2. The van der Waals surface area contributed by atoms with E-state index in [2.05, 4.69) is 10.6 Å². The molecule has 0 aliphatic heterocycles. The minimum absolute atomic E-state index is 0.0508. The Morgan fingerprint density at radius 1 is 1.15 bits per heavy atom. The number of amides is 3. The lowest BCUT2D eigenvalue weighted by atomic mass is 10.1. The van der Waals surface area contributed by atoms with Crippen molar-refractivity contribution in [2.75, 3.05) is 6.54 Å². The van der Waals surface area contributed by atoms with E-state index in [1.54, 1.807) is 45.0 Å². The zero-order valence-corrected chi connectivity index (χ0v) is 15.0. The van der Waals surface area contributed by atoms with Crippen molar-refractivity contribution >= 4 is 18.1 Å². The summed E-state index contributed by atoms with van der Waals surface area (Å²) in [5, 5.41) is 14.5. The van der Waals surface area contributed by atoms with Crippen LogP contribution in [0.3, 0.4) is 0 Å². The van der Waals surface area contributed by atoms with Gasteiger partial charge >= 0.3 is 12.2 Å². The van der Waals surface area contributed by atoms with Gasteiger partial charge < -0.3 is 30.9 Å². The maximum absolute atomic E-state index is 11.8. The van der Waals surface area contributed by atoms with Crippen molar-refractivity contribution in [2.24, 2.45) is 5.73 Å². The van der Waals surface area contributed by atoms with E-state index >= 15 is 0 Å². The number of hydrogen-bond donors (Lipinski definition) is 4. The lowest BCUT2D eigenvalue weighted by Gasteiger charge is -2.25. The molecule has 2 atom stereocenters. The van der Waals surface area contributed by atoms with E-state index in [1.807, 2.05) is 6.07 Å². The van der Waals surface area contributed by atoms with E-state index in [-0.39, 0.29) is 13.2 Å². The van der Waals surface area contributed by atoms with Crippen molar-refractivity contribution in [3.8, 4) is 0 Å². The third kappa shape index (κ3) is 8.34. The predicted molar refractivity (Wildman–Crippen MR) is 93.0 cm³/mol. The Balaban J connectivity index is 2.55. The first-order valence-corrected chi connectivity index (χ1v) is 8.00. The van der Waals surface area contributed by atoms with Gasteiger partial charge in [-0.05, 0) is 26.3 Å². The molecule has 0 bridgehead atoms. The molecule has 0 aliphatic rings. The largest absolute Gasteiger partial charge is 0.445 e. The van der Waals surface area contributed by atoms with Crippen molar-refractivity contribution in [1.82, 2.24) is 10.6 Å². The van der Waals surface area contributed by atoms with Crippen molar-refractivity contribution in [1.29, 1.82) is 0 Å². The molecule has 0 heterocycles. The van der Waals surface area contributed by atoms with Gasteiger partial charge in [-0.25, -0.2) is 9.59 Å². The minimum Gasteiger partial charge on any atom is -0.445 e. The molecule has 0 radical (unpaired) electrons. The number of benzene rings is 1. The fourth-order valence-electron chi connectivity index (χ4n) is 1.87. The maximum Gasteiger partial charge on any atom is 0.408 e. The molecule has 1 aromatic carbocycles. The van der Waals surface area contributed by atoms with Crippen LogP contribution in [0.1, 0.15) is 26.3 Å². The Hall–Kier alpha value is -2.81. The standard InChI is InChI=1S/C17H25N3O6/c1-17(2,3)26-16(24)20-12(13(21)14(18)22)9-19-15(23)25-10-11-7-5-4-6-8-11/h4-8,12-13,21H,9-10H2,1-3H3,(H2,18,22)(H,19,23)(H,20,24). The summed E-state index contributed by atoms with van der Waals surface area (Å²) in [6, 6.07) is 7.85. The molecule has 0 spiro atoms. The number of nitrogens with one attached hydrogen (secondary N) is 2. The van der Waals surface area contributed by atoms with Crippen LogP contribution < -0.4 is 16.4 Å². The highest BCUT2D eigenvalue weighted by Crippen LogP contribution is 2.07. The van der Waals surface area contributed by atoms with Crippen LogP contribution in [-0.2, 0) is 20.9 Å². The second-order valence-corrected chi connectivity index (χ2v) is 6.54. The summed E-state index contributed by atoms with van der Waals surface area (Å²) in [7, 11) is 0. The second-order valence-electron chi connectivity index (χ2n) is 6.54. The first-order valence-electron chi connectivity index (χ1n) is 8.00. The van der Waals surface area contributed by atoms with E-state index in [4.69, 9.17) is 15.2 Å². The van der Waals surface area contributed by atoms with Gasteiger partial charge in [-0.15, -0.1) is 0 Å². The van der Waals surface area contributed by atoms with Gasteiger partial charge in [-0.1, -0.05) is 30.3 Å². The molecule has 26 heavy (non-hydrogen) atoms. The lowest BCUT2D eigenvalue weighted by molar-refractivity contribution is -0.127. The number of nitrogens with two attached hydrogens (primary N) is 1. The highest BCUT2D eigenvalue weighted by molar-refractivity contribution is 5.80. The number of ether oxygens (including phenoxy) is 2. The average Bonchev–Trinajstić information content (AvgIpc) is 2.55. The van der Waals surface area contributed by atoms with E-state index in [9.17, 15) is 19.5 Å². The Morgan fingerprint density at radius 2 is 1.77 bits per heavy atom. The van der Waals surface area contributed by atoms with Crippen LogP contribution in [0.2, 0.25) is 0 Å². The third-order valence-corrected chi connectivity index (χ3v) is 3.05. The summed E-state index contributed by atoms with van der Waals surface area (Å²) in [5.74, 6) is -1.05. The van der Waals surface area contributed by atoms with E-state index in [1.165, 1.54) is 0 Å². The molecule has 0 aliphatic carbocycles. The summed E-state index contributed by atoms with van der Waals surface area (Å²) in [5.41, 5.74) is 5.08. The van der Waals surface area contributed by atoms with Gasteiger partial charge in [0, 0.05) is 6.54 Å². The molecule has 0 aromatic heterocycles. The Morgan fingerprint density at radius 3 is 2.31 bits per heavy atom. The van der Waals surface area contributed by atoms with Crippen LogP contribution in [-0.4, -0.2) is 47.5 Å². The molecule has 9 heteroatoms. The number of hydrogen-bond acceptors (Lipinski definition) is 6. The van der Waals surface area contributed by atoms with Crippen molar-refractivity contribution in [3.05, 3.63) is 35.9 Å². The maximum atomic E-state index is 11.8. The average molecular weight is 367 g/mol. The summed E-state index contributed by atoms with van der Waals surface area (Å²) in [6.07, 6.45) is -3.35. The monoisotopic (exact) mass is 367 g/mol. The summed E-state index contributed by atoms with van der Waals surface area (Å²) >= 11 is 0. The van der Waals surface area contributed by atoms with Gasteiger partial charge in [-0.3, -0.25) is 4.79 Å². The number of aliphatic hydroxyl groups excluding tert-OH is 1. The SMILES string of the molecule is CC(C)(C)OC(=O)NC(CNC(=O)OCc1ccccc1)C(O)C(N)=O. The number of aliphatic hydroxyl groups is 1. The molecule has 9 nitrogen and oxygen atoms in total. The lowest BCUT2D eigenvalue weighted by Crippen LogP contribution is -2.55. The van der Waals surface area contributed by atoms with E-state index in [0.29, 0.717) is 0 Å². The first kappa shape index (κ1) is 21.2. The molecule has 0 fully saturated rings. The molecule has 2 unspecified atom stereocenters. The molecule has 0 saturated heterocycles. The number of rotatable bonds is 7. The molecule has 1 rings (SSSR count). The smallest absolute Gasteiger partial charge is 0.408 e. The van der Waals surface area contributed by atoms with Gasteiger partial charge in [0.25, 0.3) is 0 Å². The topological polar surface area (TPSA) is 140 Å². The van der Waals surface area contributed by atoms with Gasteiger partial charge in [-0.2, -0.15) is 0 Å². The fraction of sp³-hybridized carbons (Fsp3) is 0.471. The highest BCUT2D eigenvalue weighted by Gasteiger charge is 2.28. The fourth-order valence-corrected chi connectivity index (χ4v) is 1.87.